The molecule has 0 bridgehead atoms. The molecule has 0 saturated heterocycles. The van der Waals surface area contributed by atoms with Crippen molar-refractivity contribution < 1.29 is 14.3 Å². The van der Waals surface area contributed by atoms with Crippen molar-refractivity contribution in [2.24, 2.45) is 0 Å². The molecule has 25 heavy (non-hydrogen) atoms. The number of carbonyl (C=O) groups is 1. The molecule has 1 aliphatic rings. The summed E-state index contributed by atoms with van der Waals surface area (Å²) in [6.07, 6.45) is 0.828. The quantitative estimate of drug-likeness (QED) is 0.696. The summed E-state index contributed by atoms with van der Waals surface area (Å²) in [6.45, 7) is 0.230. The number of anilines is 1. The van der Waals surface area contributed by atoms with E-state index in [1.54, 1.807) is 7.05 Å². The summed E-state index contributed by atoms with van der Waals surface area (Å²) in [6, 6.07) is 7.48. The predicted octanol–water partition coefficient (Wildman–Crippen LogP) is 2.78. The van der Waals surface area contributed by atoms with Crippen molar-refractivity contribution in [2.45, 2.75) is 0 Å². The minimum Gasteiger partial charge on any atom is -0.454 e. The van der Waals surface area contributed by atoms with Gasteiger partial charge in [0.25, 0.3) is 0 Å². The summed E-state index contributed by atoms with van der Waals surface area (Å²) in [4.78, 5) is 21.4. The number of aldehydes is 1. The zero-order valence-electron chi connectivity index (χ0n) is 14.1. The lowest BCUT2D eigenvalue weighted by Gasteiger charge is -2.06. The van der Waals surface area contributed by atoms with Crippen LogP contribution in [0.4, 0.5) is 5.95 Å². The van der Waals surface area contributed by atoms with Gasteiger partial charge in [-0.3, -0.25) is 4.79 Å². The molecular formula is C17H18N4O3S. The first-order valence-electron chi connectivity index (χ1n) is 7.63. The maximum absolute atomic E-state index is 11.0. The van der Waals surface area contributed by atoms with Gasteiger partial charge in [-0.2, -0.15) is 0 Å². The van der Waals surface area contributed by atoms with E-state index in [2.05, 4.69) is 20.6 Å². The van der Waals surface area contributed by atoms with Crippen LogP contribution in [0.25, 0.3) is 21.5 Å². The van der Waals surface area contributed by atoms with Crippen LogP contribution in [-0.4, -0.2) is 44.2 Å². The number of thiophene rings is 1. The Morgan fingerprint density at radius 3 is 2.60 bits per heavy atom. The number of carbonyl (C=O) groups excluding carboxylic acids is 1. The van der Waals surface area contributed by atoms with E-state index >= 15 is 0 Å². The Morgan fingerprint density at radius 1 is 1.12 bits per heavy atom. The summed E-state index contributed by atoms with van der Waals surface area (Å²) in [5, 5.41) is 6.55. The molecule has 0 spiro atoms. The fourth-order valence-electron chi connectivity index (χ4n) is 2.37. The van der Waals surface area contributed by atoms with Crippen molar-refractivity contribution in [1.82, 2.24) is 15.3 Å². The van der Waals surface area contributed by atoms with Crippen LogP contribution in [0.15, 0.2) is 24.3 Å². The fraction of sp³-hybridized carbons (Fsp3) is 0.235. The number of ether oxygens (including phenoxy) is 2. The average molecular weight is 358 g/mol. The standard InChI is InChI=1S/C15H11N3O3S.C2H7N/c1-16-15-17-13(10-5-9(6-19)22-14(10)18-15)8-2-3-11-12(4-8)21-7-20-11;1-3-2/h2-6H,7H2,1H3,(H,16,17,18);3H,1-2H3. The number of hydrogen-bond acceptors (Lipinski definition) is 8. The Balaban J connectivity index is 0.000000569. The number of nitrogens with one attached hydrogen (secondary N) is 2. The van der Waals surface area contributed by atoms with Gasteiger partial charge < -0.3 is 20.1 Å². The molecule has 8 heteroatoms. The highest BCUT2D eigenvalue weighted by Gasteiger charge is 2.17. The maximum Gasteiger partial charge on any atom is 0.231 e. The Labute approximate surface area is 149 Å². The molecule has 0 radical (unpaired) electrons. The van der Waals surface area contributed by atoms with Crippen molar-refractivity contribution in [3.05, 3.63) is 29.1 Å². The Morgan fingerprint density at radius 2 is 1.88 bits per heavy atom. The molecule has 1 aromatic carbocycles. The van der Waals surface area contributed by atoms with Gasteiger partial charge in [-0.15, -0.1) is 11.3 Å². The molecule has 1 aliphatic heterocycles. The highest BCUT2D eigenvalue weighted by atomic mass is 32.1. The molecule has 0 amide bonds. The van der Waals surface area contributed by atoms with E-state index in [-0.39, 0.29) is 6.79 Å². The van der Waals surface area contributed by atoms with Crippen LogP contribution in [0.2, 0.25) is 0 Å². The first-order chi connectivity index (χ1) is 12.2. The molecule has 2 N–H and O–H groups in total. The van der Waals surface area contributed by atoms with Gasteiger partial charge in [-0.25, -0.2) is 9.97 Å². The number of hydrogen-bond donors (Lipinski definition) is 2. The zero-order valence-corrected chi connectivity index (χ0v) is 14.9. The molecule has 0 aliphatic carbocycles. The molecule has 2 aromatic heterocycles. The molecule has 7 nitrogen and oxygen atoms in total. The van der Waals surface area contributed by atoms with E-state index in [1.165, 1.54) is 11.3 Å². The lowest BCUT2D eigenvalue weighted by atomic mass is 10.1. The van der Waals surface area contributed by atoms with Gasteiger partial charge in [-0.05, 0) is 38.4 Å². The van der Waals surface area contributed by atoms with Gasteiger partial charge in [0.2, 0.25) is 12.7 Å². The normalized spacial score (nSPS) is 11.8. The van der Waals surface area contributed by atoms with E-state index in [4.69, 9.17) is 9.47 Å². The highest BCUT2D eigenvalue weighted by molar-refractivity contribution is 7.20. The second-order valence-electron chi connectivity index (χ2n) is 5.20. The van der Waals surface area contributed by atoms with E-state index in [1.807, 2.05) is 38.4 Å². The summed E-state index contributed by atoms with van der Waals surface area (Å²) in [5.41, 5.74) is 1.65. The van der Waals surface area contributed by atoms with E-state index in [9.17, 15) is 4.79 Å². The van der Waals surface area contributed by atoms with E-state index < -0.39 is 0 Å². The van der Waals surface area contributed by atoms with Gasteiger partial charge in [-0.1, -0.05) is 0 Å². The number of aromatic nitrogens is 2. The summed E-state index contributed by atoms with van der Waals surface area (Å²) in [5.74, 6) is 1.93. The second-order valence-corrected chi connectivity index (χ2v) is 6.26. The highest BCUT2D eigenvalue weighted by Crippen LogP contribution is 2.38. The summed E-state index contributed by atoms with van der Waals surface area (Å²) < 4.78 is 10.8. The Bertz CT molecular complexity index is 910. The molecule has 0 saturated carbocycles. The predicted molar refractivity (Wildman–Crippen MR) is 98.9 cm³/mol. The van der Waals surface area contributed by atoms with E-state index in [0.717, 1.165) is 33.5 Å². The van der Waals surface area contributed by atoms with Gasteiger partial charge in [0.05, 0.1) is 10.6 Å². The van der Waals surface area contributed by atoms with Crippen molar-refractivity contribution >= 4 is 33.8 Å². The van der Waals surface area contributed by atoms with Crippen LogP contribution in [0.1, 0.15) is 9.67 Å². The largest absolute Gasteiger partial charge is 0.454 e. The Hall–Kier alpha value is -2.71. The number of fused-ring (bicyclic) bond motifs is 2. The van der Waals surface area contributed by atoms with Gasteiger partial charge >= 0.3 is 0 Å². The van der Waals surface area contributed by atoms with Crippen molar-refractivity contribution in [3.8, 4) is 22.8 Å². The zero-order chi connectivity index (χ0) is 17.8. The molecule has 4 rings (SSSR count). The number of nitrogens with zero attached hydrogens (tertiary/aromatic N) is 2. The van der Waals surface area contributed by atoms with Crippen molar-refractivity contribution in [2.75, 3.05) is 33.3 Å². The van der Waals surface area contributed by atoms with Crippen LogP contribution in [-0.2, 0) is 0 Å². The van der Waals surface area contributed by atoms with Crippen LogP contribution >= 0.6 is 11.3 Å². The van der Waals surface area contributed by atoms with Gasteiger partial charge in [0.15, 0.2) is 17.8 Å². The molecule has 3 heterocycles. The van der Waals surface area contributed by atoms with Gasteiger partial charge in [0, 0.05) is 18.0 Å². The first kappa shape index (κ1) is 17.1. The smallest absolute Gasteiger partial charge is 0.231 e. The lowest BCUT2D eigenvalue weighted by Crippen LogP contribution is -1.97. The third kappa shape index (κ3) is 3.40. The molecule has 0 fully saturated rings. The average Bonchev–Trinajstić information content (AvgIpc) is 3.26. The lowest BCUT2D eigenvalue weighted by molar-refractivity contribution is 0.112. The van der Waals surface area contributed by atoms with Crippen LogP contribution < -0.4 is 20.1 Å². The van der Waals surface area contributed by atoms with Crippen molar-refractivity contribution in [3.63, 3.8) is 0 Å². The first-order valence-corrected chi connectivity index (χ1v) is 8.44. The SMILES string of the molecule is CNC.CNc1nc(-c2ccc3c(c2)OCO3)c2cc(C=O)sc2n1. The number of rotatable bonds is 3. The molecular weight excluding hydrogens is 340 g/mol. The monoisotopic (exact) mass is 358 g/mol. The van der Waals surface area contributed by atoms with Crippen LogP contribution in [0.5, 0.6) is 11.5 Å². The number of benzene rings is 1. The molecule has 0 unspecified atom stereocenters. The summed E-state index contributed by atoms with van der Waals surface area (Å²) in [7, 11) is 5.51. The molecule has 0 atom stereocenters. The fourth-order valence-corrected chi connectivity index (χ4v) is 3.22. The van der Waals surface area contributed by atoms with Gasteiger partial charge in [0.1, 0.15) is 4.83 Å². The Kier molecular flexibility index (Phi) is 5.11. The molecule has 130 valence electrons. The second kappa shape index (κ2) is 7.45. The third-order valence-corrected chi connectivity index (χ3v) is 4.35. The topological polar surface area (TPSA) is 85.4 Å². The van der Waals surface area contributed by atoms with Crippen molar-refractivity contribution in [1.29, 1.82) is 0 Å². The van der Waals surface area contributed by atoms with Crippen LogP contribution in [0, 0.1) is 0 Å². The maximum atomic E-state index is 11.0. The minimum absolute atomic E-state index is 0.230. The third-order valence-electron chi connectivity index (χ3n) is 3.40. The van der Waals surface area contributed by atoms with Crippen LogP contribution in [0.3, 0.4) is 0 Å². The summed E-state index contributed by atoms with van der Waals surface area (Å²) >= 11 is 1.35. The van der Waals surface area contributed by atoms with E-state index in [0.29, 0.717) is 16.6 Å². The minimum atomic E-state index is 0.230. The molecule has 3 aromatic rings.